The fourth-order valence-corrected chi connectivity index (χ4v) is 2.87. The van der Waals surface area contributed by atoms with Gasteiger partial charge in [-0.2, -0.15) is 0 Å². The largest absolute Gasteiger partial charge is 0.487 e. The van der Waals surface area contributed by atoms with E-state index in [4.69, 9.17) is 4.74 Å². The number of hydrogen-bond acceptors (Lipinski definition) is 5. The molecule has 6 nitrogen and oxygen atoms in total. The minimum Gasteiger partial charge on any atom is -0.487 e. The molecule has 0 bridgehead atoms. The van der Waals surface area contributed by atoms with E-state index >= 15 is 0 Å². The molecule has 4 rings (SSSR count). The minimum atomic E-state index is -0.398. The van der Waals surface area contributed by atoms with Gasteiger partial charge in [-0.05, 0) is 42.0 Å². The Kier molecular flexibility index (Phi) is 4.45. The number of nitro groups is 1. The van der Waals surface area contributed by atoms with Gasteiger partial charge < -0.3 is 4.74 Å². The predicted molar refractivity (Wildman–Crippen MR) is 102 cm³/mol. The molecule has 4 aromatic rings. The van der Waals surface area contributed by atoms with Gasteiger partial charge >= 0.3 is 0 Å². The first-order valence-electron chi connectivity index (χ1n) is 8.37. The summed E-state index contributed by atoms with van der Waals surface area (Å²) >= 11 is 0. The molecule has 0 aliphatic rings. The summed E-state index contributed by atoms with van der Waals surface area (Å²) in [6.07, 6.45) is 3.21. The molecular formula is C21H15N3O3. The van der Waals surface area contributed by atoms with E-state index in [-0.39, 0.29) is 12.3 Å². The van der Waals surface area contributed by atoms with Crippen LogP contribution >= 0.6 is 0 Å². The van der Waals surface area contributed by atoms with E-state index in [1.54, 1.807) is 36.7 Å². The van der Waals surface area contributed by atoms with E-state index in [0.29, 0.717) is 16.9 Å². The first-order valence-corrected chi connectivity index (χ1v) is 8.37. The number of rotatable bonds is 5. The Bertz CT molecular complexity index is 1110. The lowest BCUT2D eigenvalue weighted by Gasteiger charge is -2.09. The molecule has 0 unspecified atom stereocenters. The van der Waals surface area contributed by atoms with Crippen LogP contribution in [0.15, 0.2) is 79.1 Å². The third-order valence-electron chi connectivity index (χ3n) is 4.20. The van der Waals surface area contributed by atoms with Gasteiger partial charge in [0.2, 0.25) is 0 Å². The fourth-order valence-electron chi connectivity index (χ4n) is 2.87. The van der Waals surface area contributed by atoms with Crippen LogP contribution in [0, 0.1) is 10.1 Å². The van der Waals surface area contributed by atoms with E-state index in [9.17, 15) is 10.1 Å². The normalized spacial score (nSPS) is 10.7. The van der Waals surface area contributed by atoms with Crippen LogP contribution in [0.4, 0.5) is 5.69 Å². The van der Waals surface area contributed by atoms with E-state index < -0.39 is 4.92 Å². The molecule has 27 heavy (non-hydrogen) atoms. The molecule has 0 fully saturated rings. The second-order valence-corrected chi connectivity index (χ2v) is 5.96. The second kappa shape index (κ2) is 7.21. The van der Waals surface area contributed by atoms with Gasteiger partial charge in [0.25, 0.3) is 5.69 Å². The second-order valence-electron chi connectivity index (χ2n) is 5.96. The van der Waals surface area contributed by atoms with E-state index in [0.717, 1.165) is 16.6 Å². The number of nitrogens with zero attached hydrogens (tertiary/aromatic N) is 3. The van der Waals surface area contributed by atoms with E-state index in [1.807, 2.05) is 36.4 Å². The van der Waals surface area contributed by atoms with Gasteiger partial charge in [-0.3, -0.25) is 15.1 Å². The first-order chi connectivity index (χ1) is 13.2. The molecule has 0 aliphatic heterocycles. The lowest BCUT2D eigenvalue weighted by Crippen LogP contribution is -1.99. The Morgan fingerprint density at radius 3 is 2.59 bits per heavy atom. The van der Waals surface area contributed by atoms with Crippen molar-refractivity contribution in [3.8, 4) is 16.9 Å². The Labute approximate surface area is 155 Å². The molecule has 0 saturated heterocycles. The number of benzene rings is 2. The highest BCUT2D eigenvalue weighted by molar-refractivity contribution is 5.78. The molecule has 0 spiro atoms. The third kappa shape index (κ3) is 3.59. The summed E-state index contributed by atoms with van der Waals surface area (Å²) in [5, 5.41) is 12.4. The molecule has 0 N–H and O–H groups in total. The van der Waals surface area contributed by atoms with Crippen LogP contribution in [0.1, 0.15) is 5.69 Å². The van der Waals surface area contributed by atoms with Crippen molar-refractivity contribution >= 4 is 16.6 Å². The average molecular weight is 357 g/mol. The smallest absolute Gasteiger partial charge is 0.277 e. The van der Waals surface area contributed by atoms with Gasteiger partial charge in [0, 0.05) is 23.8 Å². The van der Waals surface area contributed by atoms with Crippen LogP contribution in [-0.2, 0) is 6.61 Å². The Balaban J connectivity index is 1.61. The minimum absolute atomic E-state index is 0.0254. The third-order valence-corrected chi connectivity index (χ3v) is 4.20. The topological polar surface area (TPSA) is 78.2 Å². The lowest BCUT2D eigenvalue weighted by molar-refractivity contribution is -0.384. The SMILES string of the molecule is O=[N+]([O-])c1ccc(OCc2ccc3ccccc3n2)cc1-c1ccncc1. The number of para-hydroxylation sites is 1. The molecule has 2 aromatic heterocycles. The van der Waals surface area contributed by atoms with Gasteiger partial charge in [-0.1, -0.05) is 24.3 Å². The molecule has 2 heterocycles. The van der Waals surface area contributed by atoms with Gasteiger partial charge in [-0.15, -0.1) is 0 Å². The fraction of sp³-hybridized carbons (Fsp3) is 0.0476. The predicted octanol–water partition coefficient (Wildman–Crippen LogP) is 4.78. The van der Waals surface area contributed by atoms with Crippen LogP contribution < -0.4 is 4.74 Å². The summed E-state index contributed by atoms with van der Waals surface area (Å²) < 4.78 is 5.84. The Morgan fingerprint density at radius 1 is 0.963 bits per heavy atom. The summed E-state index contributed by atoms with van der Waals surface area (Å²) in [4.78, 5) is 19.5. The summed E-state index contributed by atoms with van der Waals surface area (Å²) in [7, 11) is 0. The quantitative estimate of drug-likeness (QED) is 0.379. The molecule has 0 saturated carbocycles. The van der Waals surface area contributed by atoms with E-state index in [1.165, 1.54) is 6.07 Å². The molecule has 0 amide bonds. The first kappa shape index (κ1) is 16.7. The Morgan fingerprint density at radius 2 is 1.78 bits per heavy atom. The molecule has 0 aliphatic carbocycles. The highest BCUT2D eigenvalue weighted by atomic mass is 16.6. The molecule has 132 valence electrons. The summed E-state index contributed by atoms with van der Waals surface area (Å²) in [5.41, 5.74) is 2.92. The number of aromatic nitrogens is 2. The maximum Gasteiger partial charge on any atom is 0.277 e. The van der Waals surface area contributed by atoms with Gasteiger partial charge in [0.1, 0.15) is 12.4 Å². The Hall–Kier alpha value is -3.80. The van der Waals surface area contributed by atoms with Crippen LogP contribution in [0.3, 0.4) is 0 Å². The van der Waals surface area contributed by atoms with Crippen molar-refractivity contribution in [3.63, 3.8) is 0 Å². The van der Waals surface area contributed by atoms with Crippen molar-refractivity contribution in [1.29, 1.82) is 0 Å². The van der Waals surface area contributed by atoms with Crippen LogP contribution in [0.25, 0.3) is 22.0 Å². The molecule has 0 atom stereocenters. The van der Waals surface area contributed by atoms with Crippen molar-refractivity contribution in [2.45, 2.75) is 6.61 Å². The van der Waals surface area contributed by atoms with Crippen molar-refractivity contribution in [2.24, 2.45) is 0 Å². The van der Waals surface area contributed by atoms with Crippen LogP contribution in [0.2, 0.25) is 0 Å². The number of fused-ring (bicyclic) bond motifs is 1. The number of nitro benzene ring substituents is 1. The maximum absolute atomic E-state index is 11.3. The highest BCUT2D eigenvalue weighted by Gasteiger charge is 2.16. The number of hydrogen-bond donors (Lipinski definition) is 0. The molecule has 2 aromatic carbocycles. The van der Waals surface area contributed by atoms with E-state index in [2.05, 4.69) is 9.97 Å². The summed E-state index contributed by atoms with van der Waals surface area (Å²) in [6.45, 7) is 0.276. The zero-order valence-electron chi connectivity index (χ0n) is 14.3. The number of pyridine rings is 2. The van der Waals surface area contributed by atoms with Crippen molar-refractivity contribution in [1.82, 2.24) is 9.97 Å². The van der Waals surface area contributed by atoms with Crippen LogP contribution in [0.5, 0.6) is 5.75 Å². The van der Waals surface area contributed by atoms with Crippen molar-refractivity contribution < 1.29 is 9.66 Å². The van der Waals surface area contributed by atoms with Gasteiger partial charge in [0.15, 0.2) is 0 Å². The highest BCUT2D eigenvalue weighted by Crippen LogP contribution is 2.33. The average Bonchev–Trinajstić information content (AvgIpc) is 2.72. The summed E-state index contributed by atoms with van der Waals surface area (Å²) in [6, 6.07) is 20.0. The molecule has 0 radical (unpaired) electrons. The zero-order chi connectivity index (χ0) is 18.6. The lowest BCUT2D eigenvalue weighted by atomic mass is 10.0. The number of ether oxygens (including phenoxy) is 1. The maximum atomic E-state index is 11.3. The van der Waals surface area contributed by atoms with Crippen molar-refractivity contribution in [3.05, 3.63) is 94.9 Å². The van der Waals surface area contributed by atoms with Crippen LogP contribution in [-0.4, -0.2) is 14.9 Å². The molecular weight excluding hydrogens is 342 g/mol. The van der Waals surface area contributed by atoms with Gasteiger partial charge in [0.05, 0.1) is 21.7 Å². The van der Waals surface area contributed by atoms with Crippen molar-refractivity contribution in [2.75, 3.05) is 0 Å². The standard InChI is InChI=1S/C21H15N3O3/c25-24(26)21-8-7-18(13-19(21)15-9-11-22-12-10-15)27-14-17-6-5-16-3-1-2-4-20(16)23-17/h1-13H,14H2. The molecule has 6 heteroatoms. The summed E-state index contributed by atoms with van der Waals surface area (Å²) in [5.74, 6) is 0.544. The zero-order valence-corrected chi connectivity index (χ0v) is 14.3. The monoisotopic (exact) mass is 357 g/mol. The van der Waals surface area contributed by atoms with Gasteiger partial charge in [-0.25, -0.2) is 4.98 Å².